The van der Waals surface area contributed by atoms with Crippen molar-refractivity contribution in [3.05, 3.63) is 0 Å². The smallest absolute Gasteiger partial charge is 0.405 e. The summed E-state index contributed by atoms with van der Waals surface area (Å²) >= 11 is 0. The fourth-order valence-corrected chi connectivity index (χ4v) is 0.614. The van der Waals surface area contributed by atoms with Crippen LogP contribution in [0.4, 0.5) is 13.6 Å². The minimum absolute atomic E-state index is 0.271. The van der Waals surface area contributed by atoms with Crippen molar-refractivity contribution in [3.8, 4) is 0 Å². The molecular weight excluding hydrogens is 188 g/mol. The molecule has 0 aliphatic carbocycles. The van der Waals surface area contributed by atoms with Crippen LogP contribution in [-0.2, 0) is 4.74 Å². The molecule has 7 heteroatoms. The molecule has 5 nitrogen and oxygen atoms in total. The van der Waals surface area contributed by atoms with Gasteiger partial charge in [0.1, 0.15) is 6.61 Å². The second-order valence-corrected chi connectivity index (χ2v) is 2.26. The van der Waals surface area contributed by atoms with Crippen LogP contribution in [0.5, 0.6) is 0 Å². The quantitative estimate of drug-likeness (QED) is 0.558. The van der Waals surface area contributed by atoms with Crippen molar-refractivity contribution in [2.24, 2.45) is 0 Å². The molecule has 0 aliphatic rings. The van der Waals surface area contributed by atoms with Crippen molar-refractivity contribution in [1.29, 1.82) is 0 Å². The molecule has 0 saturated carbocycles. The third-order valence-electron chi connectivity index (χ3n) is 1.11. The van der Waals surface area contributed by atoms with Crippen molar-refractivity contribution in [3.63, 3.8) is 0 Å². The van der Waals surface area contributed by atoms with E-state index in [0.29, 0.717) is 0 Å². The average Bonchev–Trinajstić information content (AvgIpc) is 2.01. The van der Waals surface area contributed by atoms with Crippen LogP contribution in [0.25, 0.3) is 0 Å². The number of hydrogen-bond donors (Lipinski definition) is 3. The zero-order valence-corrected chi connectivity index (χ0v) is 6.74. The number of carboxylic acid groups (broad SMARTS) is 1. The lowest BCUT2D eigenvalue weighted by Crippen LogP contribution is -2.40. The van der Waals surface area contributed by atoms with Crippen LogP contribution in [0.2, 0.25) is 0 Å². The first kappa shape index (κ1) is 12.0. The SMILES string of the molecule is O=C(O)N[C@H](CO)COCC(F)F. The van der Waals surface area contributed by atoms with Crippen molar-refractivity contribution in [1.82, 2.24) is 5.32 Å². The van der Waals surface area contributed by atoms with Gasteiger partial charge in [0, 0.05) is 0 Å². The summed E-state index contributed by atoms with van der Waals surface area (Å²) in [6.45, 7) is -1.53. The van der Waals surface area contributed by atoms with Gasteiger partial charge in [-0.3, -0.25) is 0 Å². The van der Waals surface area contributed by atoms with Gasteiger partial charge in [0.2, 0.25) is 0 Å². The van der Waals surface area contributed by atoms with Crippen LogP contribution in [0.1, 0.15) is 0 Å². The van der Waals surface area contributed by atoms with Crippen molar-refractivity contribution in [2.45, 2.75) is 12.5 Å². The molecule has 0 aromatic heterocycles. The summed E-state index contributed by atoms with van der Waals surface area (Å²) in [5.41, 5.74) is 0. The molecule has 0 rings (SSSR count). The van der Waals surface area contributed by atoms with E-state index in [-0.39, 0.29) is 6.61 Å². The lowest BCUT2D eigenvalue weighted by molar-refractivity contribution is 0.00413. The van der Waals surface area contributed by atoms with Gasteiger partial charge in [0.05, 0.1) is 19.3 Å². The van der Waals surface area contributed by atoms with E-state index in [4.69, 9.17) is 10.2 Å². The first-order valence-electron chi connectivity index (χ1n) is 3.52. The maximum absolute atomic E-state index is 11.5. The maximum Gasteiger partial charge on any atom is 0.405 e. The van der Waals surface area contributed by atoms with E-state index in [2.05, 4.69) is 4.74 Å². The Morgan fingerprint density at radius 3 is 2.46 bits per heavy atom. The summed E-state index contributed by atoms with van der Waals surface area (Å²) in [6.07, 6.45) is -3.93. The Morgan fingerprint density at radius 1 is 1.46 bits per heavy atom. The lowest BCUT2D eigenvalue weighted by Gasteiger charge is -2.13. The van der Waals surface area contributed by atoms with Gasteiger partial charge in [-0.1, -0.05) is 0 Å². The van der Waals surface area contributed by atoms with E-state index in [1.807, 2.05) is 5.32 Å². The van der Waals surface area contributed by atoms with E-state index in [0.717, 1.165) is 0 Å². The monoisotopic (exact) mass is 199 g/mol. The number of ether oxygens (including phenoxy) is 1. The van der Waals surface area contributed by atoms with Gasteiger partial charge < -0.3 is 20.3 Å². The Morgan fingerprint density at radius 2 is 2.08 bits per heavy atom. The zero-order valence-electron chi connectivity index (χ0n) is 6.74. The number of alkyl halides is 2. The largest absolute Gasteiger partial charge is 0.465 e. The van der Waals surface area contributed by atoms with E-state index in [1.165, 1.54) is 0 Å². The van der Waals surface area contributed by atoms with Gasteiger partial charge >= 0.3 is 6.09 Å². The molecule has 0 bridgehead atoms. The Kier molecular flexibility index (Phi) is 6.07. The third kappa shape index (κ3) is 7.41. The van der Waals surface area contributed by atoms with Gasteiger partial charge in [-0.2, -0.15) is 0 Å². The minimum atomic E-state index is -2.59. The highest BCUT2D eigenvalue weighted by molar-refractivity contribution is 5.64. The normalized spacial score (nSPS) is 12.9. The van der Waals surface area contributed by atoms with Crippen molar-refractivity contribution in [2.75, 3.05) is 19.8 Å². The lowest BCUT2D eigenvalue weighted by atomic mass is 10.3. The maximum atomic E-state index is 11.5. The molecule has 0 aromatic rings. The number of amides is 1. The summed E-state index contributed by atoms with van der Waals surface area (Å²) in [5.74, 6) is 0. The summed E-state index contributed by atoms with van der Waals surface area (Å²) in [7, 11) is 0. The van der Waals surface area contributed by atoms with Crippen LogP contribution in [0.3, 0.4) is 0 Å². The highest BCUT2D eigenvalue weighted by atomic mass is 19.3. The number of aliphatic hydroxyl groups is 1. The molecule has 1 amide bonds. The zero-order chi connectivity index (χ0) is 10.3. The predicted octanol–water partition coefficient (Wildman–Crippen LogP) is -0.103. The second kappa shape index (κ2) is 6.55. The first-order chi connectivity index (χ1) is 6.06. The Labute approximate surface area is 73.3 Å². The number of hydrogen-bond acceptors (Lipinski definition) is 3. The molecular formula is C6H11F2NO4. The van der Waals surface area contributed by atoms with E-state index in [1.54, 1.807) is 0 Å². The number of rotatable bonds is 6. The van der Waals surface area contributed by atoms with Crippen LogP contribution in [-0.4, -0.2) is 48.6 Å². The molecule has 0 radical (unpaired) electrons. The molecule has 1 atom stereocenters. The predicted molar refractivity (Wildman–Crippen MR) is 38.9 cm³/mol. The van der Waals surface area contributed by atoms with Gasteiger partial charge in [-0.25, -0.2) is 13.6 Å². The molecule has 0 saturated heterocycles. The topological polar surface area (TPSA) is 78.8 Å². The summed E-state index contributed by atoms with van der Waals surface area (Å²) < 4.78 is 27.5. The number of nitrogens with one attached hydrogen (secondary N) is 1. The molecule has 0 aromatic carbocycles. The summed E-state index contributed by atoms with van der Waals surface area (Å²) in [4.78, 5) is 10.0. The molecule has 0 fully saturated rings. The number of halogens is 2. The highest BCUT2D eigenvalue weighted by Gasteiger charge is 2.11. The molecule has 13 heavy (non-hydrogen) atoms. The number of aliphatic hydroxyl groups excluding tert-OH is 1. The Balaban J connectivity index is 3.53. The Bertz CT molecular complexity index is 156. The average molecular weight is 199 g/mol. The van der Waals surface area contributed by atoms with Crippen LogP contribution >= 0.6 is 0 Å². The second-order valence-electron chi connectivity index (χ2n) is 2.26. The van der Waals surface area contributed by atoms with Gasteiger partial charge in [0.15, 0.2) is 0 Å². The van der Waals surface area contributed by atoms with Crippen LogP contribution < -0.4 is 5.32 Å². The standard InChI is InChI=1S/C6H11F2NO4/c7-5(8)3-13-2-4(1-10)9-6(11)12/h4-5,9-10H,1-3H2,(H,11,12)/t4-/m1/s1. The minimum Gasteiger partial charge on any atom is -0.465 e. The molecule has 0 spiro atoms. The summed E-state index contributed by atoms with van der Waals surface area (Å²) in [6, 6.07) is -0.865. The third-order valence-corrected chi connectivity index (χ3v) is 1.11. The Hall–Kier alpha value is -0.950. The molecule has 3 N–H and O–H groups in total. The molecule has 0 unspecified atom stereocenters. The van der Waals surface area contributed by atoms with E-state index in [9.17, 15) is 13.6 Å². The van der Waals surface area contributed by atoms with Gasteiger partial charge in [0.25, 0.3) is 6.43 Å². The summed E-state index contributed by atoms with van der Waals surface area (Å²) in [5, 5.41) is 18.6. The fraction of sp³-hybridized carbons (Fsp3) is 0.833. The van der Waals surface area contributed by atoms with E-state index >= 15 is 0 Å². The van der Waals surface area contributed by atoms with E-state index < -0.39 is 31.8 Å². The van der Waals surface area contributed by atoms with Crippen molar-refractivity contribution < 1.29 is 28.5 Å². The first-order valence-corrected chi connectivity index (χ1v) is 3.52. The highest BCUT2D eigenvalue weighted by Crippen LogP contribution is 1.93. The number of carbonyl (C=O) groups is 1. The van der Waals surface area contributed by atoms with Gasteiger partial charge in [-0.15, -0.1) is 0 Å². The van der Waals surface area contributed by atoms with Crippen molar-refractivity contribution >= 4 is 6.09 Å². The van der Waals surface area contributed by atoms with Crippen LogP contribution in [0.15, 0.2) is 0 Å². The molecule has 78 valence electrons. The fourth-order valence-electron chi connectivity index (χ4n) is 0.614. The molecule has 0 heterocycles. The molecule has 0 aliphatic heterocycles. The van der Waals surface area contributed by atoms with Crippen LogP contribution in [0, 0.1) is 0 Å². The van der Waals surface area contributed by atoms with Gasteiger partial charge in [-0.05, 0) is 0 Å².